The minimum atomic E-state index is -4.96. The zero-order chi connectivity index (χ0) is 74.9. The molecule has 0 radical (unpaired) electrons. The molecular formula is C83H162O17P2. The van der Waals surface area contributed by atoms with Crippen LogP contribution in [0.2, 0.25) is 0 Å². The number of esters is 4. The Bertz CT molecular complexity index is 1960. The molecule has 0 aromatic heterocycles. The molecule has 2 unspecified atom stereocenters. The minimum absolute atomic E-state index is 0.107. The molecule has 606 valence electrons. The van der Waals surface area contributed by atoms with Crippen LogP contribution in [0.15, 0.2) is 0 Å². The molecule has 5 atom stereocenters. The summed E-state index contributed by atoms with van der Waals surface area (Å²) in [7, 11) is -9.92. The fourth-order valence-corrected chi connectivity index (χ4v) is 14.5. The van der Waals surface area contributed by atoms with Gasteiger partial charge in [-0.25, -0.2) is 9.13 Å². The summed E-state index contributed by atoms with van der Waals surface area (Å²) in [6.45, 7) is 9.69. The molecular weight excluding hydrogens is 1330 g/mol. The van der Waals surface area contributed by atoms with E-state index in [0.717, 1.165) is 102 Å². The largest absolute Gasteiger partial charge is 0.472 e. The van der Waals surface area contributed by atoms with Gasteiger partial charge in [-0.15, -0.1) is 0 Å². The van der Waals surface area contributed by atoms with Gasteiger partial charge in [-0.2, -0.15) is 0 Å². The van der Waals surface area contributed by atoms with E-state index in [9.17, 15) is 43.2 Å². The number of hydrogen-bond acceptors (Lipinski definition) is 15. The molecule has 19 heteroatoms. The molecule has 0 aliphatic heterocycles. The number of phosphoric acid groups is 2. The lowest BCUT2D eigenvalue weighted by atomic mass is 10.0. The van der Waals surface area contributed by atoms with Gasteiger partial charge in [-0.1, -0.05) is 388 Å². The Morgan fingerprint density at radius 1 is 0.265 bits per heavy atom. The van der Waals surface area contributed by atoms with Crippen LogP contribution in [0.3, 0.4) is 0 Å². The van der Waals surface area contributed by atoms with Gasteiger partial charge >= 0.3 is 39.5 Å². The zero-order valence-corrected chi connectivity index (χ0v) is 68.7. The lowest BCUT2D eigenvalue weighted by Crippen LogP contribution is -2.30. The number of carbonyl (C=O) groups is 4. The van der Waals surface area contributed by atoms with Crippen molar-refractivity contribution < 1.29 is 80.2 Å². The smallest absolute Gasteiger partial charge is 0.462 e. The van der Waals surface area contributed by atoms with E-state index in [2.05, 4.69) is 41.5 Å². The van der Waals surface area contributed by atoms with Crippen molar-refractivity contribution in [2.75, 3.05) is 39.6 Å². The number of carbonyl (C=O) groups excluding carboxylic acids is 4. The molecule has 17 nitrogen and oxygen atoms in total. The fourth-order valence-electron chi connectivity index (χ4n) is 12.9. The molecule has 0 spiro atoms. The fraction of sp³-hybridized carbons (Fsp3) is 0.952. The molecule has 0 saturated carbocycles. The predicted octanol–water partition coefficient (Wildman–Crippen LogP) is 25.1. The lowest BCUT2D eigenvalue weighted by Gasteiger charge is -2.21. The Morgan fingerprint density at radius 2 is 0.451 bits per heavy atom. The van der Waals surface area contributed by atoms with E-state index in [4.69, 9.17) is 37.0 Å². The predicted molar refractivity (Wildman–Crippen MR) is 418 cm³/mol. The van der Waals surface area contributed by atoms with Crippen molar-refractivity contribution in [3.8, 4) is 0 Å². The Balaban J connectivity index is 5.26. The third-order valence-electron chi connectivity index (χ3n) is 19.5. The summed E-state index contributed by atoms with van der Waals surface area (Å²) in [4.78, 5) is 73.1. The molecule has 0 amide bonds. The topological polar surface area (TPSA) is 237 Å². The maximum Gasteiger partial charge on any atom is 0.472 e. The summed E-state index contributed by atoms with van der Waals surface area (Å²) in [5.74, 6) is -0.527. The average Bonchev–Trinajstić information content (AvgIpc) is 0.925. The van der Waals surface area contributed by atoms with E-state index in [1.54, 1.807) is 0 Å². The van der Waals surface area contributed by atoms with Crippen molar-refractivity contribution in [3.05, 3.63) is 0 Å². The summed E-state index contributed by atoms with van der Waals surface area (Å²) in [6.07, 6.45) is 65.1. The third kappa shape index (κ3) is 76.3. The van der Waals surface area contributed by atoms with Crippen LogP contribution in [0, 0.1) is 11.8 Å². The first-order valence-corrected chi connectivity index (χ1v) is 46.0. The van der Waals surface area contributed by atoms with Crippen LogP contribution in [-0.4, -0.2) is 96.7 Å². The van der Waals surface area contributed by atoms with Crippen LogP contribution in [-0.2, 0) is 65.4 Å². The highest BCUT2D eigenvalue weighted by molar-refractivity contribution is 7.47. The number of ether oxygens (including phenoxy) is 4. The van der Waals surface area contributed by atoms with Gasteiger partial charge < -0.3 is 33.8 Å². The minimum Gasteiger partial charge on any atom is -0.462 e. The third-order valence-corrected chi connectivity index (χ3v) is 21.4. The molecule has 0 bridgehead atoms. The molecule has 0 fully saturated rings. The zero-order valence-electron chi connectivity index (χ0n) is 66.9. The van der Waals surface area contributed by atoms with Gasteiger partial charge in [0.15, 0.2) is 12.2 Å². The first-order chi connectivity index (χ1) is 49.4. The van der Waals surface area contributed by atoms with E-state index in [-0.39, 0.29) is 25.7 Å². The van der Waals surface area contributed by atoms with Gasteiger partial charge in [0, 0.05) is 25.7 Å². The van der Waals surface area contributed by atoms with Gasteiger partial charge in [0.1, 0.15) is 19.3 Å². The van der Waals surface area contributed by atoms with Crippen LogP contribution in [0.5, 0.6) is 0 Å². The number of aliphatic hydroxyl groups is 1. The highest BCUT2D eigenvalue weighted by Crippen LogP contribution is 2.45. The van der Waals surface area contributed by atoms with Crippen molar-refractivity contribution in [3.63, 3.8) is 0 Å². The standard InChI is InChI=1S/C83H162O17P2/c1-7-9-11-13-15-17-19-21-22-23-24-25-30-37-43-49-55-61-67-82(87)99-79(72-94-81(86)66-60-54-48-42-36-29-27-26-28-33-39-45-51-57-63-75(3)4)74-98-102(91,92)96-70-77(84)69-95-101(89,90)97-73-78(71-93-80(85)65-59-53-47-41-35-20-18-16-14-12-10-8-2)100-83(88)68-62-56-50-44-38-32-31-34-40-46-52-58-64-76(5)6/h75-79,84H,7-74H2,1-6H3,(H,89,90)(H,91,92)/t77-,78+,79+/m0/s1. The Labute approximate surface area is 626 Å². The quantitative estimate of drug-likeness (QED) is 0.0222. The van der Waals surface area contributed by atoms with Gasteiger partial charge in [-0.05, 0) is 37.5 Å². The van der Waals surface area contributed by atoms with Crippen LogP contribution in [0.1, 0.15) is 440 Å². The number of unbranched alkanes of at least 4 members (excludes halogenated alkanes) is 52. The van der Waals surface area contributed by atoms with Gasteiger partial charge in [0.2, 0.25) is 0 Å². The summed E-state index contributed by atoms with van der Waals surface area (Å²) in [5, 5.41) is 10.7. The Morgan fingerprint density at radius 3 is 0.667 bits per heavy atom. The first kappa shape index (κ1) is 100. The highest BCUT2D eigenvalue weighted by atomic mass is 31.2. The molecule has 0 aliphatic carbocycles. The van der Waals surface area contributed by atoms with Crippen LogP contribution in [0.4, 0.5) is 0 Å². The second-order valence-electron chi connectivity index (χ2n) is 30.8. The summed E-state index contributed by atoms with van der Waals surface area (Å²) in [5.41, 5.74) is 0. The van der Waals surface area contributed by atoms with E-state index in [1.807, 2.05) is 0 Å². The van der Waals surface area contributed by atoms with E-state index in [0.29, 0.717) is 25.7 Å². The Kier molecular flexibility index (Phi) is 73.1. The van der Waals surface area contributed by atoms with Crippen LogP contribution < -0.4 is 0 Å². The van der Waals surface area contributed by atoms with Crippen molar-refractivity contribution in [2.45, 2.75) is 458 Å². The molecule has 0 aliphatic rings. The molecule has 0 rings (SSSR count). The first-order valence-electron chi connectivity index (χ1n) is 43.0. The summed E-state index contributed by atoms with van der Waals surface area (Å²) >= 11 is 0. The van der Waals surface area contributed by atoms with E-state index >= 15 is 0 Å². The molecule has 0 saturated heterocycles. The summed E-state index contributed by atoms with van der Waals surface area (Å²) in [6, 6.07) is 0. The van der Waals surface area contributed by atoms with Gasteiger partial charge in [0.05, 0.1) is 26.4 Å². The molecule has 3 N–H and O–H groups in total. The second-order valence-corrected chi connectivity index (χ2v) is 33.7. The van der Waals surface area contributed by atoms with Gasteiger partial charge in [-0.3, -0.25) is 37.3 Å². The van der Waals surface area contributed by atoms with Crippen molar-refractivity contribution in [1.82, 2.24) is 0 Å². The normalized spacial score (nSPS) is 13.9. The number of aliphatic hydroxyl groups excluding tert-OH is 1. The maximum absolute atomic E-state index is 13.1. The monoisotopic (exact) mass is 1490 g/mol. The van der Waals surface area contributed by atoms with Crippen LogP contribution >= 0.6 is 15.6 Å². The van der Waals surface area contributed by atoms with Crippen molar-refractivity contribution >= 4 is 39.5 Å². The number of hydrogen-bond donors (Lipinski definition) is 3. The van der Waals surface area contributed by atoms with E-state index in [1.165, 1.54) is 257 Å². The molecule has 0 aromatic rings. The van der Waals surface area contributed by atoms with Crippen molar-refractivity contribution in [1.29, 1.82) is 0 Å². The summed E-state index contributed by atoms with van der Waals surface area (Å²) < 4.78 is 68.8. The van der Waals surface area contributed by atoms with Gasteiger partial charge in [0.25, 0.3) is 0 Å². The maximum atomic E-state index is 13.1. The molecule has 0 heterocycles. The van der Waals surface area contributed by atoms with Crippen LogP contribution in [0.25, 0.3) is 0 Å². The lowest BCUT2D eigenvalue weighted by molar-refractivity contribution is -0.161. The highest BCUT2D eigenvalue weighted by Gasteiger charge is 2.30. The van der Waals surface area contributed by atoms with E-state index < -0.39 is 97.5 Å². The van der Waals surface area contributed by atoms with Crippen molar-refractivity contribution in [2.24, 2.45) is 11.8 Å². The molecule has 0 aromatic carbocycles. The molecule has 102 heavy (non-hydrogen) atoms. The number of phosphoric ester groups is 2. The number of rotatable bonds is 82. The average molecular weight is 1490 g/mol. The Hall–Kier alpha value is -1.94. The second kappa shape index (κ2) is 74.5. The SMILES string of the molecule is CCCCCCCCCCCCCCCCCCCCC(=O)O[C@H](COC(=O)CCCCCCCCCCCCCCCCC(C)C)COP(=O)(O)OC[C@@H](O)COP(=O)(O)OC[C@@H](COC(=O)CCCCCCCCCCCCCC)OC(=O)CCCCCCCCCCCCCCC(C)C.